The predicted octanol–water partition coefficient (Wildman–Crippen LogP) is 8.85. The molecule has 212 valence electrons. The Balaban J connectivity index is 1.77. The standard InChI is InChI=1S/C35H50N2O2/c1-6-7-21-37-23-29(15-12-20-36-24(2)3)32-17-11-16-31(34(32)37)26(5)33(27-13-9-8-10-14-27)30-19-18-28(35(38)39)22-25(30)4/h11,16-19,22-24,26-27,33,36H,6-10,12-15,20-21H2,1-5H3,(H,38,39). The Labute approximate surface area is 236 Å². The maximum Gasteiger partial charge on any atom is 0.335 e. The van der Waals surface area contributed by atoms with Gasteiger partial charge < -0.3 is 15.0 Å². The largest absolute Gasteiger partial charge is 0.478 e. The van der Waals surface area contributed by atoms with Crippen LogP contribution in [0.1, 0.15) is 124 Å². The number of fused-ring (bicyclic) bond motifs is 1. The Kier molecular flexibility index (Phi) is 10.3. The van der Waals surface area contributed by atoms with Crippen LogP contribution in [0.2, 0.25) is 0 Å². The van der Waals surface area contributed by atoms with Gasteiger partial charge in [-0.2, -0.15) is 0 Å². The lowest BCUT2D eigenvalue weighted by Crippen LogP contribution is -2.23. The molecule has 3 aromatic rings. The van der Waals surface area contributed by atoms with Gasteiger partial charge in [0, 0.05) is 24.2 Å². The molecule has 2 unspecified atom stereocenters. The number of rotatable bonds is 13. The monoisotopic (exact) mass is 530 g/mol. The highest BCUT2D eigenvalue weighted by Crippen LogP contribution is 2.47. The van der Waals surface area contributed by atoms with Crippen LogP contribution in [0.15, 0.2) is 42.6 Å². The highest BCUT2D eigenvalue weighted by atomic mass is 16.4. The Hall–Kier alpha value is -2.59. The van der Waals surface area contributed by atoms with Crippen molar-refractivity contribution in [3.63, 3.8) is 0 Å². The van der Waals surface area contributed by atoms with Gasteiger partial charge in [0.25, 0.3) is 0 Å². The van der Waals surface area contributed by atoms with E-state index >= 15 is 0 Å². The molecule has 2 N–H and O–H groups in total. The summed E-state index contributed by atoms with van der Waals surface area (Å²) in [6, 6.07) is 13.3. The number of unbranched alkanes of at least 4 members (excludes halogenated alkanes) is 1. The minimum Gasteiger partial charge on any atom is -0.478 e. The number of carbonyl (C=O) groups is 1. The van der Waals surface area contributed by atoms with Crippen LogP contribution in [0.5, 0.6) is 0 Å². The summed E-state index contributed by atoms with van der Waals surface area (Å²) in [5.74, 6) is 0.504. The molecule has 2 atom stereocenters. The lowest BCUT2D eigenvalue weighted by molar-refractivity contribution is 0.0696. The molecule has 4 nitrogen and oxygen atoms in total. The number of benzene rings is 2. The summed E-state index contributed by atoms with van der Waals surface area (Å²) in [7, 11) is 0. The summed E-state index contributed by atoms with van der Waals surface area (Å²) in [4.78, 5) is 11.7. The first-order valence-electron chi connectivity index (χ1n) is 15.5. The molecule has 0 spiro atoms. The Bertz CT molecular complexity index is 1230. The average Bonchev–Trinajstić information content (AvgIpc) is 3.29. The van der Waals surface area contributed by atoms with Gasteiger partial charge in [0.1, 0.15) is 0 Å². The molecular formula is C35H50N2O2. The van der Waals surface area contributed by atoms with E-state index in [1.165, 1.54) is 72.5 Å². The molecule has 0 saturated heterocycles. The first-order valence-corrected chi connectivity index (χ1v) is 15.5. The number of hydrogen-bond donors (Lipinski definition) is 2. The smallest absolute Gasteiger partial charge is 0.335 e. The predicted molar refractivity (Wildman–Crippen MR) is 164 cm³/mol. The zero-order valence-electron chi connectivity index (χ0n) is 24.9. The second kappa shape index (κ2) is 13.7. The minimum atomic E-state index is -0.846. The van der Waals surface area contributed by atoms with Gasteiger partial charge in [-0.3, -0.25) is 0 Å². The van der Waals surface area contributed by atoms with Crippen molar-refractivity contribution in [3.8, 4) is 0 Å². The normalized spacial score (nSPS) is 16.2. The Morgan fingerprint density at radius 1 is 1.05 bits per heavy atom. The molecule has 4 heteroatoms. The van der Waals surface area contributed by atoms with Crippen molar-refractivity contribution < 1.29 is 9.90 Å². The van der Waals surface area contributed by atoms with Crippen LogP contribution in [-0.4, -0.2) is 28.2 Å². The number of carboxylic acid groups (broad SMARTS) is 1. The molecule has 39 heavy (non-hydrogen) atoms. The van der Waals surface area contributed by atoms with Gasteiger partial charge >= 0.3 is 5.97 Å². The van der Waals surface area contributed by atoms with E-state index in [-0.39, 0.29) is 0 Å². The lowest BCUT2D eigenvalue weighted by atomic mass is 9.68. The van der Waals surface area contributed by atoms with Crippen LogP contribution >= 0.6 is 0 Å². The molecule has 1 aromatic heterocycles. The number of nitrogens with zero attached hydrogens (tertiary/aromatic N) is 1. The van der Waals surface area contributed by atoms with Crippen LogP contribution in [0.4, 0.5) is 0 Å². The minimum absolute atomic E-state index is 0.344. The summed E-state index contributed by atoms with van der Waals surface area (Å²) in [5, 5.41) is 14.6. The van der Waals surface area contributed by atoms with Crippen LogP contribution < -0.4 is 5.32 Å². The van der Waals surface area contributed by atoms with E-state index in [1.807, 2.05) is 12.1 Å². The molecular weight excluding hydrogens is 480 g/mol. The van der Waals surface area contributed by atoms with Gasteiger partial charge in [0.05, 0.1) is 11.1 Å². The molecule has 1 fully saturated rings. The maximum absolute atomic E-state index is 11.7. The van der Waals surface area contributed by atoms with Gasteiger partial charge in [0.15, 0.2) is 0 Å². The van der Waals surface area contributed by atoms with Crippen molar-refractivity contribution in [2.75, 3.05) is 6.54 Å². The fourth-order valence-corrected chi connectivity index (χ4v) is 7.01. The van der Waals surface area contributed by atoms with Gasteiger partial charge in [-0.15, -0.1) is 0 Å². The molecule has 0 bridgehead atoms. The summed E-state index contributed by atoms with van der Waals surface area (Å²) in [6.07, 6.45) is 13.5. The number of aromatic nitrogens is 1. The van der Waals surface area contributed by atoms with Gasteiger partial charge in [-0.25, -0.2) is 4.79 Å². The van der Waals surface area contributed by atoms with Gasteiger partial charge in [0.2, 0.25) is 0 Å². The zero-order valence-corrected chi connectivity index (χ0v) is 24.9. The van der Waals surface area contributed by atoms with Crippen LogP contribution in [0.25, 0.3) is 10.9 Å². The number of aryl methyl sites for hydroxylation is 3. The molecule has 1 aliphatic rings. The number of nitrogens with one attached hydrogen (secondary N) is 1. The van der Waals surface area contributed by atoms with E-state index in [2.05, 4.69) is 75.0 Å². The Morgan fingerprint density at radius 3 is 2.49 bits per heavy atom. The average molecular weight is 531 g/mol. The zero-order chi connectivity index (χ0) is 27.9. The molecule has 0 radical (unpaired) electrons. The van der Waals surface area contributed by atoms with Crippen molar-refractivity contribution in [2.45, 2.75) is 117 Å². The summed E-state index contributed by atoms with van der Waals surface area (Å²) in [6.45, 7) is 13.3. The highest BCUT2D eigenvalue weighted by molar-refractivity contribution is 5.88. The van der Waals surface area contributed by atoms with Crippen molar-refractivity contribution in [2.24, 2.45) is 5.92 Å². The van der Waals surface area contributed by atoms with E-state index < -0.39 is 5.97 Å². The summed E-state index contributed by atoms with van der Waals surface area (Å²) < 4.78 is 2.55. The third-order valence-corrected chi connectivity index (χ3v) is 9.00. The number of para-hydroxylation sites is 1. The third-order valence-electron chi connectivity index (χ3n) is 9.00. The number of hydrogen-bond acceptors (Lipinski definition) is 2. The fourth-order valence-electron chi connectivity index (χ4n) is 7.01. The van der Waals surface area contributed by atoms with E-state index in [4.69, 9.17) is 0 Å². The van der Waals surface area contributed by atoms with Crippen LogP contribution in [0.3, 0.4) is 0 Å². The fraction of sp³-hybridized carbons (Fsp3) is 0.571. The van der Waals surface area contributed by atoms with Crippen LogP contribution in [-0.2, 0) is 13.0 Å². The Morgan fingerprint density at radius 2 is 1.82 bits per heavy atom. The lowest BCUT2D eigenvalue weighted by Gasteiger charge is -2.36. The molecule has 1 heterocycles. The first kappa shape index (κ1) is 29.4. The molecule has 4 rings (SSSR count). The molecule has 1 saturated carbocycles. The third kappa shape index (κ3) is 6.95. The summed E-state index contributed by atoms with van der Waals surface area (Å²) >= 11 is 0. The molecule has 0 amide bonds. The number of carboxylic acids is 1. The van der Waals surface area contributed by atoms with Crippen molar-refractivity contribution >= 4 is 16.9 Å². The van der Waals surface area contributed by atoms with E-state index in [0.717, 1.165) is 31.5 Å². The number of aromatic carboxylic acids is 1. The van der Waals surface area contributed by atoms with Gasteiger partial charge in [-0.05, 0) is 97.7 Å². The molecule has 0 aliphatic heterocycles. The second-order valence-corrected chi connectivity index (χ2v) is 12.2. The second-order valence-electron chi connectivity index (χ2n) is 12.2. The van der Waals surface area contributed by atoms with Crippen LogP contribution in [0, 0.1) is 12.8 Å². The van der Waals surface area contributed by atoms with Crippen molar-refractivity contribution in [3.05, 3.63) is 70.4 Å². The first-order chi connectivity index (χ1) is 18.8. The van der Waals surface area contributed by atoms with E-state index in [0.29, 0.717) is 29.4 Å². The highest BCUT2D eigenvalue weighted by Gasteiger charge is 2.33. The van der Waals surface area contributed by atoms with Gasteiger partial charge in [-0.1, -0.05) is 77.6 Å². The molecule has 2 aromatic carbocycles. The maximum atomic E-state index is 11.7. The van der Waals surface area contributed by atoms with E-state index in [9.17, 15) is 9.90 Å². The summed E-state index contributed by atoms with van der Waals surface area (Å²) in [5.41, 5.74) is 7.18. The quantitative estimate of drug-likeness (QED) is 0.217. The van der Waals surface area contributed by atoms with Crippen molar-refractivity contribution in [1.82, 2.24) is 9.88 Å². The molecule has 1 aliphatic carbocycles. The topological polar surface area (TPSA) is 54.3 Å². The van der Waals surface area contributed by atoms with Crippen molar-refractivity contribution in [1.29, 1.82) is 0 Å². The van der Waals surface area contributed by atoms with E-state index in [1.54, 1.807) is 0 Å². The SMILES string of the molecule is CCCCn1cc(CCCNC(C)C)c2cccc(C(C)C(c3ccc(C(=O)O)cc3C)C3CCCCC3)c21.